The Hall–Kier alpha value is -3.11. The summed E-state index contributed by atoms with van der Waals surface area (Å²) in [5.74, 6) is 0.460. The average Bonchev–Trinajstić information content (AvgIpc) is 2.75. The predicted octanol–water partition coefficient (Wildman–Crippen LogP) is 1.83. The SMILES string of the molecule is COC(=O)/C=C/c1cc(OC)c(OC)c(S(=O)(=O)NCc2ccc(N(C)C)nc2)c1. The van der Waals surface area contributed by atoms with E-state index < -0.39 is 16.0 Å². The number of ether oxygens (including phenoxy) is 3. The molecule has 0 unspecified atom stereocenters. The number of methoxy groups -OCH3 is 3. The van der Waals surface area contributed by atoms with E-state index in [4.69, 9.17) is 9.47 Å². The highest BCUT2D eigenvalue weighted by Crippen LogP contribution is 2.36. The van der Waals surface area contributed by atoms with Gasteiger partial charge in [-0.15, -0.1) is 0 Å². The Bertz CT molecular complexity index is 1020. The second kappa shape index (κ2) is 10.1. The molecular formula is C20H25N3O6S. The summed E-state index contributed by atoms with van der Waals surface area (Å²) in [4.78, 5) is 17.4. The normalized spacial score (nSPS) is 11.4. The predicted molar refractivity (Wildman–Crippen MR) is 113 cm³/mol. The van der Waals surface area contributed by atoms with Crippen molar-refractivity contribution in [1.82, 2.24) is 9.71 Å². The van der Waals surface area contributed by atoms with Crippen molar-refractivity contribution in [3.8, 4) is 11.5 Å². The van der Waals surface area contributed by atoms with Crippen LogP contribution in [0.3, 0.4) is 0 Å². The number of benzene rings is 1. The largest absolute Gasteiger partial charge is 0.493 e. The molecule has 9 nitrogen and oxygen atoms in total. The van der Waals surface area contributed by atoms with Crippen molar-refractivity contribution in [3.63, 3.8) is 0 Å². The Kier molecular flexibility index (Phi) is 7.79. The number of nitrogens with zero attached hydrogens (tertiary/aromatic N) is 2. The molecule has 0 saturated carbocycles. The van der Waals surface area contributed by atoms with Gasteiger partial charge in [0.15, 0.2) is 11.5 Å². The highest BCUT2D eigenvalue weighted by molar-refractivity contribution is 7.89. The third kappa shape index (κ3) is 5.71. The van der Waals surface area contributed by atoms with Gasteiger partial charge in [0.05, 0.1) is 21.3 Å². The molecule has 30 heavy (non-hydrogen) atoms. The van der Waals surface area contributed by atoms with Crippen LogP contribution in [0.4, 0.5) is 5.82 Å². The first-order valence-corrected chi connectivity index (χ1v) is 10.3. The zero-order chi connectivity index (χ0) is 22.3. The fraction of sp³-hybridized carbons (Fsp3) is 0.300. The number of rotatable bonds is 9. The summed E-state index contributed by atoms with van der Waals surface area (Å²) in [6.07, 6.45) is 4.21. The number of nitrogens with one attached hydrogen (secondary N) is 1. The van der Waals surface area contributed by atoms with Crippen LogP contribution in [0, 0.1) is 0 Å². The minimum atomic E-state index is -3.97. The molecule has 0 bridgehead atoms. The highest BCUT2D eigenvalue weighted by Gasteiger charge is 2.23. The maximum absolute atomic E-state index is 13.0. The Morgan fingerprint density at radius 3 is 2.43 bits per heavy atom. The van der Waals surface area contributed by atoms with E-state index in [-0.39, 0.29) is 22.9 Å². The lowest BCUT2D eigenvalue weighted by molar-refractivity contribution is -0.134. The first-order valence-electron chi connectivity index (χ1n) is 8.85. The van der Waals surface area contributed by atoms with Gasteiger partial charge in [0.1, 0.15) is 10.7 Å². The lowest BCUT2D eigenvalue weighted by Gasteiger charge is -2.15. The minimum absolute atomic E-state index is 0.0384. The third-order valence-electron chi connectivity index (χ3n) is 4.10. The monoisotopic (exact) mass is 435 g/mol. The molecule has 2 aromatic rings. The lowest BCUT2D eigenvalue weighted by atomic mass is 10.2. The summed E-state index contributed by atoms with van der Waals surface area (Å²) in [6, 6.07) is 6.53. The van der Waals surface area contributed by atoms with Crippen LogP contribution in [-0.4, -0.2) is 54.8 Å². The summed E-state index contributed by atoms with van der Waals surface area (Å²) in [6.45, 7) is 0.0384. The number of pyridine rings is 1. The molecule has 0 atom stereocenters. The molecule has 0 fully saturated rings. The molecule has 1 aromatic heterocycles. The fourth-order valence-electron chi connectivity index (χ4n) is 2.52. The van der Waals surface area contributed by atoms with E-state index in [0.717, 1.165) is 5.82 Å². The van der Waals surface area contributed by atoms with Crippen LogP contribution in [0.25, 0.3) is 6.08 Å². The molecule has 0 aliphatic carbocycles. The van der Waals surface area contributed by atoms with Gasteiger partial charge in [0.25, 0.3) is 0 Å². The van der Waals surface area contributed by atoms with Gasteiger partial charge >= 0.3 is 5.97 Å². The van der Waals surface area contributed by atoms with Gasteiger partial charge in [0.2, 0.25) is 10.0 Å². The third-order valence-corrected chi connectivity index (χ3v) is 5.51. The van der Waals surface area contributed by atoms with Crippen molar-refractivity contribution >= 4 is 27.9 Å². The van der Waals surface area contributed by atoms with E-state index in [9.17, 15) is 13.2 Å². The van der Waals surface area contributed by atoms with Crippen LogP contribution in [0.15, 0.2) is 41.4 Å². The van der Waals surface area contributed by atoms with Gasteiger partial charge in [-0.1, -0.05) is 6.07 Å². The van der Waals surface area contributed by atoms with Gasteiger partial charge in [-0.25, -0.2) is 22.9 Å². The maximum atomic E-state index is 13.0. The molecule has 162 valence electrons. The summed E-state index contributed by atoms with van der Waals surface area (Å²) < 4.78 is 43.6. The van der Waals surface area contributed by atoms with E-state index in [2.05, 4.69) is 14.4 Å². The van der Waals surface area contributed by atoms with Crippen LogP contribution in [0.1, 0.15) is 11.1 Å². The van der Waals surface area contributed by atoms with Crippen molar-refractivity contribution in [2.24, 2.45) is 0 Å². The van der Waals surface area contributed by atoms with Gasteiger partial charge in [0, 0.05) is 32.9 Å². The standard InChI is InChI=1S/C20H25N3O6S/c1-23(2)18-8-6-15(12-21-18)13-22-30(25,26)17-11-14(7-9-19(24)28-4)10-16(27-3)20(17)29-5/h6-12,22H,13H2,1-5H3/b9-7+. The Balaban J connectivity index is 2.35. The quantitative estimate of drug-likeness (QED) is 0.470. The van der Waals surface area contributed by atoms with Crippen LogP contribution >= 0.6 is 0 Å². The van der Waals surface area contributed by atoms with Gasteiger partial charge in [-0.3, -0.25) is 0 Å². The molecule has 0 aliphatic heterocycles. The van der Waals surface area contributed by atoms with Gasteiger partial charge in [-0.2, -0.15) is 0 Å². The molecule has 1 aromatic carbocycles. The Labute approximate surface area is 176 Å². The molecular weight excluding hydrogens is 410 g/mol. The van der Waals surface area contributed by atoms with E-state index >= 15 is 0 Å². The second-order valence-electron chi connectivity index (χ2n) is 6.35. The fourth-order valence-corrected chi connectivity index (χ4v) is 3.75. The first-order chi connectivity index (χ1) is 14.2. The van der Waals surface area contributed by atoms with Gasteiger partial charge < -0.3 is 19.1 Å². The molecule has 0 aliphatic rings. The van der Waals surface area contributed by atoms with Crippen molar-refractivity contribution in [2.75, 3.05) is 40.3 Å². The van der Waals surface area contributed by atoms with Crippen molar-refractivity contribution < 1.29 is 27.4 Å². The number of sulfonamides is 1. The number of carbonyl (C=O) groups excluding carboxylic acids is 1. The molecule has 1 heterocycles. The molecule has 1 N–H and O–H groups in total. The zero-order valence-electron chi connectivity index (χ0n) is 17.5. The van der Waals surface area contributed by atoms with Crippen LogP contribution < -0.4 is 19.1 Å². The zero-order valence-corrected chi connectivity index (χ0v) is 18.3. The first kappa shape index (κ1) is 23.2. The molecule has 0 amide bonds. The van der Waals surface area contributed by atoms with Crippen LogP contribution in [0.2, 0.25) is 0 Å². The molecule has 0 radical (unpaired) electrons. The summed E-state index contributed by atoms with van der Waals surface area (Å²) >= 11 is 0. The van der Waals surface area contributed by atoms with Crippen molar-refractivity contribution in [1.29, 1.82) is 0 Å². The maximum Gasteiger partial charge on any atom is 0.330 e. The highest BCUT2D eigenvalue weighted by atomic mass is 32.2. The molecule has 0 saturated heterocycles. The van der Waals surface area contributed by atoms with Crippen LogP contribution in [-0.2, 0) is 26.1 Å². The van der Waals surface area contributed by atoms with E-state index in [0.29, 0.717) is 11.1 Å². The Morgan fingerprint density at radius 1 is 1.17 bits per heavy atom. The van der Waals surface area contributed by atoms with Crippen molar-refractivity contribution in [3.05, 3.63) is 47.7 Å². The van der Waals surface area contributed by atoms with Gasteiger partial charge in [-0.05, 0) is 35.4 Å². The van der Waals surface area contributed by atoms with Crippen LogP contribution in [0.5, 0.6) is 11.5 Å². The lowest BCUT2D eigenvalue weighted by Crippen LogP contribution is -2.24. The second-order valence-corrected chi connectivity index (χ2v) is 8.09. The summed E-state index contributed by atoms with van der Waals surface area (Å²) in [7, 11) is 3.76. The number of aromatic nitrogens is 1. The number of hydrogen-bond donors (Lipinski definition) is 1. The number of esters is 1. The average molecular weight is 436 g/mol. The molecule has 2 rings (SSSR count). The minimum Gasteiger partial charge on any atom is -0.493 e. The summed E-state index contributed by atoms with van der Waals surface area (Å²) in [5.41, 5.74) is 1.12. The number of carbonyl (C=O) groups is 1. The number of anilines is 1. The smallest absolute Gasteiger partial charge is 0.330 e. The molecule has 0 spiro atoms. The van der Waals surface area contributed by atoms with E-state index in [1.807, 2.05) is 19.0 Å². The summed E-state index contributed by atoms with van der Waals surface area (Å²) in [5, 5.41) is 0. The van der Waals surface area contributed by atoms with E-state index in [1.54, 1.807) is 24.4 Å². The van der Waals surface area contributed by atoms with Crippen molar-refractivity contribution in [2.45, 2.75) is 11.4 Å². The topological polar surface area (TPSA) is 107 Å². The molecule has 10 heteroatoms. The Morgan fingerprint density at radius 2 is 1.90 bits per heavy atom. The number of hydrogen-bond acceptors (Lipinski definition) is 8. The van der Waals surface area contributed by atoms with E-state index in [1.165, 1.54) is 39.5 Å².